The van der Waals surface area contributed by atoms with Gasteiger partial charge in [-0.3, -0.25) is 4.72 Å². The minimum Gasteiger partial charge on any atom is -0.389 e. The standard InChI is InChI=1S/C13H13N3O2S2/c1-2-20(17,18)16-10-5-3-9(4-6-10)12-8-19-13(15)11(12)7-14/h3-6,8,16H,2,15H2,1H3. The van der Waals surface area contributed by atoms with E-state index in [9.17, 15) is 8.42 Å². The number of benzene rings is 1. The van der Waals surface area contributed by atoms with Gasteiger partial charge in [0.05, 0.1) is 11.3 Å². The Morgan fingerprint density at radius 1 is 1.35 bits per heavy atom. The molecule has 1 aromatic carbocycles. The third kappa shape index (κ3) is 2.92. The molecule has 2 rings (SSSR count). The van der Waals surface area contributed by atoms with Crippen molar-refractivity contribution in [1.29, 1.82) is 5.26 Å². The molecule has 20 heavy (non-hydrogen) atoms. The second-order valence-electron chi connectivity index (χ2n) is 4.08. The van der Waals surface area contributed by atoms with Crippen LogP contribution in [-0.2, 0) is 10.0 Å². The van der Waals surface area contributed by atoms with Crippen LogP contribution in [0.5, 0.6) is 0 Å². The van der Waals surface area contributed by atoms with E-state index in [2.05, 4.69) is 10.8 Å². The van der Waals surface area contributed by atoms with Gasteiger partial charge in [-0.2, -0.15) is 5.26 Å². The summed E-state index contributed by atoms with van der Waals surface area (Å²) in [4.78, 5) is 0. The molecule has 7 heteroatoms. The first-order valence-electron chi connectivity index (χ1n) is 5.85. The van der Waals surface area contributed by atoms with E-state index in [4.69, 9.17) is 11.0 Å². The molecule has 0 bridgehead atoms. The van der Waals surface area contributed by atoms with E-state index >= 15 is 0 Å². The molecule has 1 heterocycles. The first-order valence-corrected chi connectivity index (χ1v) is 8.38. The van der Waals surface area contributed by atoms with Crippen molar-refractivity contribution in [3.63, 3.8) is 0 Å². The fraction of sp³-hybridized carbons (Fsp3) is 0.154. The van der Waals surface area contributed by atoms with Crippen molar-refractivity contribution in [2.75, 3.05) is 16.2 Å². The van der Waals surface area contributed by atoms with Crippen LogP contribution in [0.25, 0.3) is 11.1 Å². The Morgan fingerprint density at radius 3 is 2.55 bits per heavy atom. The van der Waals surface area contributed by atoms with Gasteiger partial charge in [-0.15, -0.1) is 11.3 Å². The van der Waals surface area contributed by atoms with Crippen LogP contribution in [0.3, 0.4) is 0 Å². The van der Waals surface area contributed by atoms with Crippen molar-refractivity contribution in [1.82, 2.24) is 0 Å². The molecule has 0 saturated heterocycles. The summed E-state index contributed by atoms with van der Waals surface area (Å²) in [7, 11) is -3.28. The van der Waals surface area contributed by atoms with E-state index in [0.29, 0.717) is 16.3 Å². The summed E-state index contributed by atoms with van der Waals surface area (Å²) in [6.07, 6.45) is 0. The van der Waals surface area contributed by atoms with Gasteiger partial charge in [-0.25, -0.2) is 8.42 Å². The van der Waals surface area contributed by atoms with Gasteiger partial charge in [0.25, 0.3) is 0 Å². The fourth-order valence-corrected chi connectivity index (χ4v) is 3.08. The number of rotatable bonds is 4. The zero-order valence-electron chi connectivity index (χ0n) is 10.8. The molecule has 1 aromatic heterocycles. The number of sulfonamides is 1. The number of nitriles is 1. The molecule has 5 nitrogen and oxygen atoms in total. The maximum absolute atomic E-state index is 11.5. The molecular weight excluding hydrogens is 294 g/mol. The minimum absolute atomic E-state index is 0.0222. The van der Waals surface area contributed by atoms with Crippen LogP contribution in [0.4, 0.5) is 10.7 Å². The van der Waals surface area contributed by atoms with Gasteiger partial charge in [0.1, 0.15) is 11.1 Å². The zero-order chi connectivity index (χ0) is 14.8. The van der Waals surface area contributed by atoms with Crippen LogP contribution in [0.2, 0.25) is 0 Å². The Kier molecular flexibility index (Phi) is 3.97. The lowest BCUT2D eigenvalue weighted by Gasteiger charge is -2.06. The fourth-order valence-electron chi connectivity index (χ4n) is 1.67. The molecule has 0 aliphatic rings. The maximum atomic E-state index is 11.5. The smallest absolute Gasteiger partial charge is 0.232 e. The van der Waals surface area contributed by atoms with Crippen LogP contribution in [0.15, 0.2) is 29.6 Å². The first kappa shape index (κ1) is 14.4. The molecule has 0 amide bonds. The number of nitrogens with one attached hydrogen (secondary N) is 1. The predicted octanol–water partition coefficient (Wildman–Crippen LogP) is 2.63. The summed E-state index contributed by atoms with van der Waals surface area (Å²) in [5.41, 5.74) is 8.27. The second-order valence-corrected chi connectivity index (χ2v) is 7.01. The van der Waals surface area contributed by atoms with Crippen LogP contribution in [0.1, 0.15) is 12.5 Å². The molecular formula is C13H13N3O2S2. The Labute approximate surface area is 121 Å². The highest BCUT2D eigenvalue weighted by Crippen LogP contribution is 2.33. The third-order valence-corrected chi connectivity index (χ3v) is 4.90. The molecule has 0 spiro atoms. The highest BCUT2D eigenvalue weighted by atomic mass is 32.2. The lowest BCUT2D eigenvalue weighted by atomic mass is 10.0. The van der Waals surface area contributed by atoms with E-state index in [1.54, 1.807) is 31.2 Å². The van der Waals surface area contributed by atoms with Crippen LogP contribution < -0.4 is 10.5 Å². The van der Waals surface area contributed by atoms with Gasteiger partial charge in [0.2, 0.25) is 10.0 Å². The molecule has 0 fully saturated rings. The molecule has 0 radical (unpaired) electrons. The van der Waals surface area contributed by atoms with E-state index in [1.165, 1.54) is 11.3 Å². The van der Waals surface area contributed by atoms with Gasteiger partial charge in [0, 0.05) is 16.6 Å². The summed E-state index contributed by atoms with van der Waals surface area (Å²) in [5, 5.41) is 11.4. The highest BCUT2D eigenvalue weighted by molar-refractivity contribution is 7.92. The van der Waals surface area contributed by atoms with Crippen molar-refractivity contribution in [3.05, 3.63) is 35.2 Å². The number of nitrogens with zero attached hydrogens (tertiary/aromatic N) is 1. The van der Waals surface area contributed by atoms with E-state index in [1.807, 2.05) is 5.38 Å². The number of anilines is 2. The normalized spacial score (nSPS) is 11.0. The van der Waals surface area contributed by atoms with Crippen molar-refractivity contribution in [2.45, 2.75) is 6.92 Å². The van der Waals surface area contributed by atoms with Crippen molar-refractivity contribution < 1.29 is 8.42 Å². The Balaban J connectivity index is 2.31. The van der Waals surface area contributed by atoms with Crippen molar-refractivity contribution in [2.24, 2.45) is 0 Å². The molecule has 104 valence electrons. The predicted molar refractivity (Wildman–Crippen MR) is 82.0 cm³/mol. The number of hydrogen-bond donors (Lipinski definition) is 2. The number of nitrogens with two attached hydrogens (primary N) is 1. The van der Waals surface area contributed by atoms with Gasteiger partial charge in [-0.1, -0.05) is 12.1 Å². The second kappa shape index (κ2) is 5.53. The van der Waals surface area contributed by atoms with Crippen LogP contribution >= 0.6 is 11.3 Å². The Morgan fingerprint density at radius 2 is 2.00 bits per heavy atom. The van der Waals surface area contributed by atoms with Crippen molar-refractivity contribution >= 4 is 32.0 Å². The molecule has 0 aliphatic heterocycles. The van der Waals surface area contributed by atoms with Crippen molar-refractivity contribution in [3.8, 4) is 17.2 Å². The van der Waals surface area contributed by atoms with Gasteiger partial charge in [-0.05, 0) is 24.6 Å². The largest absolute Gasteiger partial charge is 0.389 e. The van der Waals surface area contributed by atoms with E-state index in [-0.39, 0.29) is 5.75 Å². The third-order valence-electron chi connectivity index (χ3n) is 2.78. The topological polar surface area (TPSA) is 96.0 Å². The number of hydrogen-bond acceptors (Lipinski definition) is 5. The number of nitrogen functional groups attached to an aromatic ring is 1. The first-order chi connectivity index (χ1) is 9.46. The Bertz CT molecular complexity index is 756. The molecule has 0 unspecified atom stereocenters. The van der Waals surface area contributed by atoms with E-state index in [0.717, 1.165) is 11.1 Å². The van der Waals surface area contributed by atoms with Gasteiger partial charge < -0.3 is 5.73 Å². The monoisotopic (exact) mass is 307 g/mol. The minimum atomic E-state index is -3.28. The summed E-state index contributed by atoms with van der Waals surface area (Å²) in [5.74, 6) is 0.0222. The Hall–Kier alpha value is -2.04. The van der Waals surface area contributed by atoms with Crippen LogP contribution in [-0.4, -0.2) is 14.2 Å². The quantitative estimate of drug-likeness (QED) is 0.907. The van der Waals surface area contributed by atoms with E-state index < -0.39 is 10.0 Å². The van der Waals surface area contributed by atoms with Gasteiger partial charge >= 0.3 is 0 Å². The molecule has 3 N–H and O–H groups in total. The average molecular weight is 307 g/mol. The summed E-state index contributed by atoms with van der Waals surface area (Å²) in [6, 6.07) is 8.93. The maximum Gasteiger partial charge on any atom is 0.232 e. The summed E-state index contributed by atoms with van der Waals surface area (Å²) < 4.78 is 25.4. The van der Waals surface area contributed by atoms with Crippen LogP contribution in [0, 0.1) is 11.3 Å². The molecule has 0 atom stereocenters. The zero-order valence-corrected chi connectivity index (χ0v) is 12.4. The molecule has 0 saturated carbocycles. The molecule has 0 aliphatic carbocycles. The summed E-state index contributed by atoms with van der Waals surface area (Å²) in [6.45, 7) is 1.57. The SMILES string of the molecule is CCS(=O)(=O)Nc1ccc(-c2csc(N)c2C#N)cc1. The molecule has 2 aromatic rings. The van der Waals surface area contributed by atoms with Gasteiger partial charge in [0.15, 0.2) is 0 Å². The average Bonchev–Trinajstić information content (AvgIpc) is 2.80. The summed E-state index contributed by atoms with van der Waals surface area (Å²) >= 11 is 1.31. The number of thiophene rings is 1. The lowest BCUT2D eigenvalue weighted by molar-refractivity contribution is 0.602. The highest BCUT2D eigenvalue weighted by Gasteiger charge is 2.11. The lowest BCUT2D eigenvalue weighted by Crippen LogP contribution is -2.14.